The van der Waals surface area contributed by atoms with E-state index in [1.54, 1.807) is 17.6 Å². The van der Waals surface area contributed by atoms with Gasteiger partial charge in [0, 0.05) is 5.56 Å². The monoisotopic (exact) mass is 285 g/mol. The van der Waals surface area contributed by atoms with E-state index in [0.717, 1.165) is 0 Å². The smallest absolute Gasteiger partial charge is 0.289 e. The third-order valence-corrected chi connectivity index (χ3v) is 3.25. The molecule has 110 valence electrons. The zero-order valence-electron chi connectivity index (χ0n) is 12.1. The molecule has 4 nitrogen and oxygen atoms in total. The molecular weight excluding hydrogens is 266 g/mol. The number of carbonyl (C=O) groups excluding carboxylic acids is 1. The molecule has 0 fully saturated rings. The van der Waals surface area contributed by atoms with Crippen molar-refractivity contribution in [3.8, 4) is 5.75 Å². The molecule has 1 atom stereocenters. The van der Waals surface area contributed by atoms with Crippen LogP contribution in [-0.4, -0.2) is 11.1 Å². The molecule has 0 aliphatic heterocycles. The molecule has 2 aromatic rings. The summed E-state index contributed by atoms with van der Waals surface area (Å²) in [6.07, 6.45) is -0.888. The standard InChI is InChI=1S/C17H19NO3/c1-12(2)13-8-10-15(11-9-13)21-16(17(19)18-20)14-6-4-3-5-7-14/h3-12,16,20H,1-2H3,(H,18,19). The van der Waals surface area contributed by atoms with Crippen LogP contribution in [0.5, 0.6) is 5.75 Å². The van der Waals surface area contributed by atoms with Crippen LogP contribution in [0.2, 0.25) is 0 Å². The summed E-state index contributed by atoms with van der Waals surface area (Å²) in [5, 5.41) is 8.88. The van der Waals surface area contributed by atoms with Crippen molar-refractivity contribution < 1.29 is 14.7 Å². The summed E-state index contributed by atoms with van der Waals surface area (Å²) in [6, 6.07) is 16.7. The third kappa shape index (κ3) is 3.83. The first-order chi connectivity index (χ1) is 10.1. The minimum absolute atomic E-state index is 0.435. The Balaban J connectivity index is 2.21. The second-order valence-electron chi connectivity index (χ2n) is 5.11. The Morgan fingerprint density at radius 2 is 1.62 bits per heavy atom. The van der Waals surface area contributed by atoms with Crippen LogP contribution in [0.4, 0.5) is 0 Å². The maximum Gasteiger partial charge on any atom is 0.289 e. The van der Waals surface area contributed by atoms with Gasteiger partial charge in [0.25, 0.3) is 5.91 Å². The van der Waals surface area contributed by atoms with Gasteiger partial charge < -0.3 is 4.74 Å². The van der Waals surface area contributed by atoms with E-state index in [4.69, 9.17) is 9.94 Å². The molecule has 21 heavy (non-hydrogen) atoms. The Morgan fingerprint density at radius 3 is 2.14 bits per heavy atom. The molecule has 0 radical (unpaired) electrons. The lowest BCUT2D eigenvalue weighted by Crippen LogP contribution is -2.29. The van der Waals surface area contributed by atoms with Gasteiger partial charge in [0.2, 0.25) is 6.10 Å². The van der Waals surface area contributed by atoms with E-state index in [9.17, 15) is 4.79 Å². The summed E-state index contributed by atoms with van der Waals surface area (Å²) in [6.45, 7) is 4.23. The van der Waals surface area contributed by atoms with E-state index < -0.39 is 12.0 Å². The Labute approximate surface area is 124 Å². The molecule has 0 bridgehead atoms. The topological polar surface area (TPSA) is 58.6 Å². The maximum absolute atomic E-state index is 11.8. The van der Waals surface area contributed by atoms with Gasteiger partial charge in [-0.25, -0.2) is 5.48 Å². The number of nitrogens with one attached hydrogen (secondary N) is 1. The van der Waals surface area contributed by atoms with E-state index in [0.29, 0.717) is 17.2 Å². The van der Waals surface area contributed by atoms with Gasteiger partial charge in [0.05, 0.1) is 0 Å². The van der Waals surface area contributed by atoms with Crippen LogP contribution < -0.4 is 10.2 Å². The van der Waals surface area contributed by atoms with Crippen LogP contribution in [0.1, 0.15) is 37.0 Å². The minimum Gasteiger partial charge on any atom is -0.476 e. The van der Waals surface area contributed by atoms with Crippen molar-refractivity contribution in [3.05, 3.63) is 65.7 Å². The Kier molecular flexibility index (Phi) is 4.95. The number of rotatable bonds is 5. The first kappa shape index (κ1) is 15.1. The van der Waals surface area contributed by atoms with Crippen molar-refractivity contribution in [2.75, 3.05) is 0 Å². The summed E-state index contributed by atoms with van der Waals surface area (Å²) in [7, 11) is 0. The zero-order chi connectivity index (χ0) is 15.2. The first-order valence-electron chi connectivity index (χ1n) is 6.87. The number of hydrogen-bond acceptors (Lipinski definition) is 3. The molecule has 1 unspecified atom stereocenters. The average molecular weight is 285 g/mol. The van der Waals surface area contributed by atoms with Gasteiger partial charge in [-0.3, -0.25) is 10.0 Å². The van der Waals surface area contributed by atoms with Crippen molar-refractivity contribution in [2.45, 2.75) is 25.9 Å². The van der Waals surface area contributed by atoms with Gasteiger partial charge in [-0.2, -0.15) is 0 Å². The SMILES string of the molecule is CC(C)c1ccc(OC(C(=O)NO)c2ccccc2)cc1. The summed E-state index contributed by atoms with van der Waals surface area (Å²) >= 11 is 0. The number of ether oxygens (including phenoxy) is 1. The molecule has 0 spiro atoms. The van der Waals surface area contributed by atoms with E-state index in [1.807, 2.05) is 42.5 Å². The highest BCUT2D eigenvalue weighted by Gasteiger charge is 2.22. The van der Waals surface area contributed by atoms with E-state index in [2.05, 4.69) is 13.8 Å². The number of hydrogen-bond donors (Lipinski definition) is 2. The summed E-state index contributed by atoms with van der Waals surface area (Å²) in [5.74, 6) is 0.413. The van der Waals surface area contributed by atoms with Crippen LogP contribution in [0.25, 0.3) is 0 Å². The molecule has 2 aromatic carbocycles. The van der Waals surface area contributed by atoms with Crippen LogP contribution in [-0.2, 0) is 4.79 Å². The van der Waals surface area contributed by atoms with Crippen LogP contribution in [0.3, 0.4) is 0 Å². The molecule has 0 aliphatic carbocycles. The minimum atomic E-state index is -0.888. The lowest BCUT2D eigenvalue weighted by Gasteiger charge is -2.18. The highest BCUT2D eigenvalue weighted by Crippen LogP contribution is 2.24. The predicted octanol–water partition coefficient (Wildman–Crippen LogP) is 3.44. The number of amides is 1. The molecule has 2 N–H and O–H groups in total. The van der Waals surface area contributed by atoms with Crippen molar-refractivity contribution in [3.63, 3.8) is 0 Å². The van der Waals surface area contributed by atoms with E-state index >= 15 is 0 Å². The first-order valence-corrected chi connectivity index (χ1v) is 6.87. The van der Waals surface area contributed by atoms with E-state index in [-0.39, 0.29) is 0 Å². The summed E-state index contributed by atoms with van der Waals surface area (Å²) in [5.41, 5.74) is 3.53. The molecule has 0 heterocycles. The van der Waals surface area contributed by atoms with Crippen molar-refractivity contribution >= 4 is 5.91 Å². The molecule has 4 heteroatoms. The van der Waals surface area contributed by atoms with Gasteiger partial charge in [-0.15, -0.1) is 0 Å². The number of carbonyl (C=O) groups is 1. The average Bonchev–Trinajstić information content (AvgIpc) is 2.53. The van der Waals surface area contributed by atoms with E-state index in [1.165, 1.54) is 5.56 Å². The normalized spacial score (nSPS) is 12.0. The Morgan fingerprint density at radius 1 is 1.00 bits per heavy atom. The van der Waals surface area contributed by atoms with Crippen LogP contribution >= 0.6 is 0 Å². The number of benzene rings is 2. The Hall–Kier alpha value is -2.33. The maximum atomic E-state index is 11.8. The van der Waals surface area contributed by atoms with Gasteiger partial charge in [-0.05, 0) is 23.6 Å². The zero-order valence-corrected chi connectivity index (χ0v) is 12.1. The fourth-order valence-corrected chi connectivity index (χ4v) is 2.03. The molecular formula is C17H19NO3. The third-order valence-electron chi connectivity index (χ3n) is 3.25. The van der Waals surface area contributed by atoms with Gasteiger partial charge in [0.15, 0.2) is 0 Å². The molecule has 1 amide bonds. The highest BCUT2D eigenvalue weighted by atomic mass is 16.5. The Bertz CT molecular complexity index is 579. The van der Waals surface area contributed by atoms with Crippen LogP contribution in [0, 0.1) is 0 Å². The van der Waals surface area contributed by atoms with Gasteiger partial charge in [0.1, 0.15) is 5.75 Å². The summed E-state index contributed by atoms with van der Waals surface area (Å²) < 4.78 is 5.72. The number of hydroxylamine groups is 1. The van der Waals surface area contributed by atoms with Gasteiger partial charge in [-0.1, -0.05) is 56.3 Å². The molecule has 0 saturated heterocycles. The molecule has 0 saturated carbocycles. The molecule has 2 rings (SSSR count). The second kappa shape index (κ2) is 6.90. The largest absolute Gasteiger partial charge is 0.476 e. The van der Waals surface area contributed by atoms with Gasteiger partial charge >= 0.3 is 0 Å². The van der Waals surface area contributed by atoms with Crippen molar-refractivity contribution in [2.24, 2.45) is 0 Å². The lowest BCUT2D eigenvalue weighted by molar-refractivity contribution is -0.136. The van der Waals surface area contributed by atoms with Crippen LogP contribution in [0.15, 0.2) is 54.6 Å². The lowest BCUT2D eigenvalue weighted by atomic mass is 10.0. The molecule has 0 aliphatic rings. The fraction of sp³-hybridized carbons (Fsp3) is 0.235. The second-order valence-corrected chi connectivity index (χ2v) is 5.11. The predicted molar refractivity (Wildman–Crippen MR) is 80.3 cm³/mol. The molecule has 0 aromatic heterocycles. The van der Waals surface area contributed by atoms with Crippen molar-refractivity contribution in [1.82, 2.24) is 5.48 Å². The summed E-state index contributed by atoms with van der Waals surface area (Å²) in [4.78, 5) is 11.8. The fourth-order valence-electron chi connectivity index (χ4n) is 2.03. The van der Waals surface area contributed by atoms with Crippen molar-refractivity contribution in [1.29, 1.82) is 0 Å². The highest BCUT2D eigenvalue weighted by molar-refractivity contribution is 5.81. The quantitative estimate of drug-likeness (QED) is 0.653.